The van der Waals surface area contributed by atoms with Crippen LogP contribution in [0.5, 0.6) is 0 Å². The quantitative estimate of drug-likeness (QED) is 0.771. The van der Waals surface area contributed by atoms with Crippen LogP contribution in [-0.2, 0) is 6.42 Å². The minimum Gasteiger partial charge on any atom is -0.464 e. The van der Waals surface area contributed by atoms with E-state index in [1.54, 1.807) is 6.26 Å². The number of hydrogen-bond acceptors (Lipinski definition) is 2. The lowest BCUT2D eigenvalue weighted by Crippen LogP contribution is -2.29. The molecule has 0 spiro atoms. The average Bonchev–Trinajstić information content (AvgIpc) is 3.02. The monoisotopic (exact) mass is 293 g/mol. The molecule has 3 nitrogen and oxygen atoms in total. The second kappa shape index (κ2) is 6.48. The summed E-state index contributed by atoms with van der Waals surface area (Å²) in [6.45, 7) is 2.80. The number of rotatable bonds is 5. The highest BCUT2D eigenvalue weighted by molar-refractivity contribution is 6.05. The molecule has 3 rings (SSSR count). The molecule has 0 aliphatic rings. The smallest absolute Gasteiger partial charge is 0.252 e. The van der Waals surface area contributed by atoms with Crippen molar-refractivity contribution in [1.29, 1.82) is 0 Å². The van der Waals surface area contributed by atoms with Gasteiger partial charge in [0.05, 0.1) is 11.8 Å². The van der Waals surface area contributed by atoms with E-state index in [1.807, 2.05) is 42.5 Å². The van der Waals surface area contributed by atoms with Gasteiger partial charge < -0.3 is 9.73 Å². The average molecular weight is 293 g/mol. The van der Waals surface area contributed by atoms with Crippen molar-refractivity contribution in [3.8, 4) is 0 Å². The summed E-state index contributed by atoms with van der Waals surface area (Å²) < 4.78 is 5.33. The van der Waals surface area contributed by atoms with Crippen LogP contribution in [0.25, 0.3) is 11.0 Å². The Morgan fingerprint density at radius 3 is 2.73 bits per heavy atom. The number of nitrogens with one attached hydrogen (secondary N) is 1. The molecule has 3 aromatic rings. The first-order valence-electron chi connectivity index (χ1n) is 7.52. The third-order valence-electron chi connectivity index (χ3n) is 3.78. The van der Waals surface area contributed by atoms with E-state index in [4.69, 9.17) is 4.42 Å². The van der Waals surface area contributed by atoms with Crippen LogP contribution in [-0.4, -0.2) is 12.5 Å². The van der Waals surface area contributed by atoms with Crippen molar-refractivity contribution in [2.45, 2.75) is 13.3 Å². The van der Waals surface area contributed by atoms with Gasteiger partial charge in [0.25, 0.3) is 5.91 Å². The number of benzene rings is 2. The van der Waals surface area contributed by atoms with Crippen LogP contribution < -0.4 is 5.32 Å². The van der Waals surface area contributed by atoms with Crippen molar-refractivity contribution >= 4 is 16.9 Å². The van der Waals surface area contributed by atoms with E-state index >= 15 is 0 Å². The number of fused-ring (bicyclic) bond motifs is 1. The summed E-state index contributed by atoms with van der Waals surface area (Å²) in [4.78, 5) is 12.4. The van der Waals surface area contributed by atoms with Gasteiger partial charge in [-0.1, -0.05) is 43.3 Å². The number of carbonyl (C=O) groups excluding carboxylic acids is 1. The molecule has 0 bridgehead atoms. The first-order valence-corrected chi connectivity index (χ1v) is 7.52. The topological polar surface area (TPSA) is 42.2 Å². The zero-order valence-electron chi connectivity index (χ0n) is 12.6. The van der Waals surface area contributed by atoms with Gasteiger partial charge in [-0.3, -0.25) is 4.79 Å². The standard InChI is InChI=1S/C19H19NO2/c1-14(12-15-6-3-2-4-7-15)13-20-19(21)17-8-5-9-18-16(17)10-11-22-18/h2-11,14H,12-13H2,1H3,(H,20,21)/t14-/m1/s1. The van der Waals surface area contributed by atoms with E-state index in [0.29, 0.717) is 18.0 Å². The Kier molecular flexibility index (Phi) is 4.24. The van der Waals surface area contributed by atoms with Crippen molar-refractivity contribution < 1.29 is 9.21 Å². The number of amides is 1. The number of furan rings is 1. The van der Waals surface area contributed by atoms with Gasteiger partial charge in [-0.25, -0.2) is 0 Å². The van der Waals surface area contributed by atoms with Crippen LogP contribution in [0, 0.1) is 5.92 Å². The molecule has 0 unspecified atom stereocenters. The first-order chi connectivity index (χ1) is 10.7. The molecule has 0 aliphatic heterocycles. The van der Waals surface area contributed by atoms with Crippen LogP contribution >= 0.6 is 0 Å². The Morgan fingerprint density at radius 1 is 1.09 bits per heavy atom. The fraction of sp³-hybridized carbons (Fsp3) is 0.211. The van der Waals surface area contributed by atoms with Crippen LogP contribution in [0.1, 0.15) is 22.8 Å². The Morgan fingerprint density at radius 2 is 1.91 bits per heavy atom. The SMILES string of the molecule is C[C@@H](CNC(=O)c1cccc2occc12)Cc1ccccc1. The molecular formula is C19H19NO2. The lowest BCUT2D eigenvalue weighted by molar-refractivity contribution is 0.0949. The van der Waals surface area contributed by atoms with Crippen LogP contribution in [0.3, 0.4) is 0 Å². The highest BCUT2D eigenvalue weighted by Gasteiger charge is 2.12. The van der Waals surface area contributed by atoms with Gasteiger partial charge in [0.15, 0.2) is 0 Å². The third kappa shape index (κ3) is 3.19. The molecule has 0 radical (unpaired) electrons. The van der Waals surface area contributed by atoms with Crippen LogP contribution in [0.4, 0.5) is 0 Å². The second-order valence-corrected chi connectivity index (χ2v) is 5.64. The molecule has 0 fully saturated rings. The minimum absolute atomic E-state index is 0.0492. The Labute approximate surface area is 130 Å². The van der Waals surface area contributed by atoms with E-state index < -0.39 is 0 Å². The largest absolute Gasteiger partial charge is 0.464 e. The van der Waals surface area contributed by atoms with Crippen molar-refractivity contribution in [3.05, 3.63) is 72.0 Å². The molecule has 0 saturated carbocycles. The lowest BCUT2D eigenvalue weighted by atomic mass is 10.0. The molecule has 2 aromatic carbocycles. The summed E-state index contributed by atoms with van der Waals surface area (Å²) in [5.41, 5.74) is 2.70. The van der Waals surface area contributed by atoms with Gasteiger partial charge in [-0.2, -0.15) is 0 Å². The van der Waals surface area contributed by atoms with Gasteiger partial charge in [0.2, 0.25) is 0 Å². The highest BCUT2D eigenvalue weighted by atomic mass is 16.3. The second-order valence-electron chi connectivity index (χ2n) is 5.64. The molecule has 1 amide bonds. The summed E-state index contributed by atoms with van der Waals surface area (Å²) in [6.07, 6.45) is 2.57. The first kappa shape index (κ1) is 14.4. The van der Waals surface area contributed by atoms with Crippen LogP contribution in [0.2, 0.25) is 0 Å². The van der Waals surface area contributed by atoms with Crippen LogP contribution in [0.15, 0.2) is 65.3 Å². The molecule has 1 aromatic heterocycles. The van der Waals surface area contributed by atoms with Gasteiger partial charge in [-0.15, -0.1) is 0 Å². The molecule has 22 heavy (non-hydrogen) atoms. The van der Waals surface area contributed by atoms with E-state index in [2.05, 4.69) is 24.4 Å². The summed E-state index contributed by atoms with van der Waals surface area (Å²) >= 11 is 0. The summed E-state index contributed by atoms with van der Waals surface area (Å²) in [5, 5.41) is 3.88. The van der Waals surface area contributed by atoms with Crippen molar-refractivity contribution in [3.63, 3.8) is 0 Å². The Hall–Kier alpha value is -2.55. The zero-order valence-corrected chi connectivity index (χ0v) is 12.6. The fourth-order valence-electron chi connectivity index (χ4n) is 2.64. The van der Waals surface area contributed by atoms with Crippen molar-refractivity contribution in [2.75, 3.05) is 6.54 Å². The lowest BCUT2D eigenvalue weighted by Gasteiger charge is -2.13. The number of carbonyl (C=O) groups is 1. The van der Waals surface area contributed by atoms with Gasteiger partial charge in [-0.05, 0) is 36.1 Å². The van der Waals surface area contributed by atoms with Crippen molar-refractivity contribution in [1.82, 2.24) is 5.32 Å². The van der Waals surface area contributed by atoms with E-state index in [1.165, 1.54) is 5.56 Å². The molecule has 1 N–H and O–H groups in total. The molecule has 112 valence electrons. The summed E-state index contributed by atoms with van der Waals surface area (Å²) in [6, 6.07) is 17.7. The molecule has 0 aliphatic carbocycles. The molecule has 1 heterocycles. The minimum atomic E-state index is -0.0492. The molecule has 1 atom stereocenters. The highest BCUT2D eigenvalue weighted by Crippen LogP contribution is 2.19. The maximum atomic E-state index is 12.4. The summed E-state index contributed by atoms with van der Waals surface area (Å²) in [5.74, 6) is 0.335. The van der Waals surface area contributed by atoms with Gasteiger partial charge in [0, 0.05) is 11.9 Å². The molecule has 3 heteroatoms. The third-order valence-corrected chi connectivity index (χ3v) is 3.78. The molecular weight excluding hydrogens is 274 g/mol. The zero-order chi connectivity index (χ0) is 15.4. The summed E-state index contributed by atoms with van der Waals surface area (Å²) in [7, 11) is 0. The fourth-order valence-corrected chi connectivity index (χ4v) is 2.64. The van der Waals surface area contributed by atoms with E-state index in [0.717, 1.165) is 17.4 Å². The maximum absolute atomic E-state index is 12.4. The van der Waals surface area contributed by atoms with E-state index in [9.17, 15) is 4.79 Å². The van der Waals surface area contributed by atoms with E-state index in [-0.39, 0.29) is 5.91 Å². The normalized spacial score (nSPS) is 12.2. The van der Waals surface area contributed by atoms with Gasteiger partial charge in [0.1, 0.15) is 5.58 Å². The molecule has 0 saturated heterocycles. The Balaban J connectivity index is 1.61. The maximum Gasteiger partial charge on any atom is 0.252 e. The van der Waals surface area contributed by atoms with Crippen molar-refractivity contribution in [2.24, 2.45) is 5.92 Å². The Bertz CT molecular complexity index is 761. The van der Waals surface area contributed by atoms with Gasteiger partial charge >= 0.3 is 0 Å². The number of hydrogen-bond donors (Lipinski definition) is 1. The predicted molar refractivity (Wildman–Crippen MR) is 87.9 cm³/mol. The predicted octanol–water partition coefficient (Wildman–Crippen LogP) is 4.04.